The van der Waals surface area contributed by atoms with Gasteiger partial charge in [0.25, 0.3) is 5.91 Å². The van der Waals surface area contributed by atoms with Crippen LogP contribution in [0.4, 0.5) is 24.8 Å². The van der Waals surface area contributed by atoms with Crippen molar-refractivity contribution in [2.75, 3.05) is 11.1 Å². The lowest BCUT2D eigenvalue weighted by Crippen LogP contribution is -2.13. The van der Waals surface area contributed by atoms with Crippen molar-refractivity contribution in [2.45, 2.75) is 13.1 Å². The van der Waals surface area contributed by atoms with Crippen LogP contribution >= 0.6 is 11.5 Å². The summed E-state index contributed by atoms with van der Waals surface area (Å²) < 4.78 is 43.1. The van der Waals surface area contributed by atoms with E-state index in [2.05, 4.69) is 25.0 Å². The molecule has 0 aliphatic rings. The van der Waals surface area contributed by atoms with E-state index in [9.17, 15) is 18.0 Å². The topological polar surface area (TPSA) is 112 Å². The predicted molar refractivity (Wildman–Crippen MR) is 88.5 cm³/mol. The Balaban J connectivity index is 1.88. The Morgan fingerprint density at radius 1 is 1.35 bits per heavy atom. The molecule has 0 aromatic carbocycles. The first-order valence-corrected chi connectivity index (χ1v) is 7.92. The van der Waals surface area contributed by atoms with Gasteiger partial charge in [-0.15, -0.1) is 5.10 Å². The van der Waals surface area contributed by atoms with Gasteiger partial charge in [0.2, 0.25) is 0 Å². The minimum absolute atomic E-state index is 0.0429. The Morgan fingerprint density at radius 3 is 2.62 bits per heavy atom. The maximum absolute atomic E-state index is 12.8. The van der Waals surface area contributed by atoms with Crippen LogP contribution in [0, 0.1) is 6.92 Å². The summed E-state index contributed by atoms with van der Waals surface area (Å²) in [7, 11) is 1.37. The van der Waals surface area contributed by atoms with Gasteiger partial charge in [0, 0.05) is 12.6 Å². The first kappa shape index (κ1) is 17.8. The van der Waals surface area contributed by atoms with Crippen molar-refractivity contribution in [1.29, 1.82) is 0 Å². The van der Waals surface area contributed by atoms with Crippen LogP contribution in [-0.4, -0.2) is 30.3 Å². The van der Waals surface area contributed by atoms with E-state index in [4.69, 9.17) is 5.73 Å². The minimum Gasteiger partial charge on any atom is -0.383 e. The lowest BCUT2D eigenvalue weighted by Gasteiger charge is -2.08. The summed E-state index contributed by atoms with van der Waals surface area (Å²) in [5, 5.41) is 9.73. The quantitative estimate of drug-likeness (QED) is 0.719. The maximum atomic E-state index is 12.8. The van der Waals surface area contributed by atoms with E-state index < -0.39 is 17.8 Å². The number of aryl methyl sites for hydroxylation is 2. The van der Waals surface area contributed by atoms with Crippen LogP contribution in [0.5, 0.6) is 0 Å². The first-order chi connectivity index (χ1) is 12.2. The van der Waals surface area contributed by atoms with Crippen LogP contribution in [0.3, 0.4) is 0 Å². The molecule has 12 heteroatoms. The molecule has 1 amide bonds. The van der Waals surface area contributed by atoms with Crippen molar-refractivity contribution in [3.05, 3.63) is 34.5 Å². The summed E-state index contributed by atoms with van der Waals surface area (Å²) >= 11 is 0.938. The van der Waals surface area contributed by atoms with E-state index in [0.29, 0.717) is 10.6 Å². The van der Waals surface area contributed by atoms with Gasteiger partial charge in [-0.05, 0) is 36.7 Å². The van der Waals surface area contributed by atoms with E-state index in [1.807, 2.05) is 0 Å². The van der Waals surface area contributed by atoms with Gasteiger partial charge in [-0.3, -0.25) is 9.48 Å². The van der Waals surface area contributed by atoms with Gasteiger partial charge in [0.15, 0.2) is 5.69 Å². The summed E-state index contributed by atoms with van der Waals surface area (Å²) in [4.78, 5) is 16.5. The van der Waals surface area contributed by atoms with Crippen molar-refractivity contribution >= 4 is 29.1 Å². The largest absolute Gasteiger partial charge is 0.435 e. The lowest BCUT2D eigenvalue weighted by atomic mass is 10.1. The average molecular weight is 383 g/mol. The van der Waals surface area contributed by atoms with Gasteiger partial charge in [0.1, 0.15) is 16.5 Å². The third kappa shape index (κ3) is 3.35. The van der Waals surface area contributed by atoms with E-state index in [-0.39, 0.29) is 22.9 Å². The number of carbonyl (C=O) groups is 1. The van der Waals surface area contributed by atoms with Crippen LogP contribution in [-0.2, 0) is 13.2 Å². The van der Waals surface area contributed by atoms with Gasteiger partial charge in [-0.25, -0.2) is 4.98 Å². The molecule has 3 heterocycles. The number of anilines is 2. The molecule has 3 rings (SSSR count). The third-order valence-corrected chi connectivity index (χ3v) is 4.30. The van der Waals surface area contributed by atoms with E-state index in [1.165, 1.54) is 19.2 Å². The molecule has 26 heavy (non-hydrogen) atoms. The number of nitrogens with two attached hydrogens (primary N) is 1. The molecule has 0 saturated heterocycles. The van der Waals surface area contributed by atoms with E-state index >= 15 is 0 Å². The third-order valence-electron chi connectivity index (χ3n) is 3.47. The molecule has 0 fully saturated rings. The van der Waals surface area contributed by atoms with Crippen molar-refractivity contribution in [3.63, 3.8) is 0 Å². The molecule has 0 atom stereocenters. The number of alkyl halides is 3. The Labute approximate surface area is 149 Å². The molecular weight excluding hydrogens is 371 g/mol. The van der Waals surface area contributed by atoms with Gasteiger partial charge in [0.05, 0.1) is 11.4 Å². The molecule has 3 aromatic heterocycles. The molecule has 0 spiro atoms. The van der Waals surface area contributed by atoms with Gasteiger partial charge >= 0.3 is 6.18 Å². The van der Waals surface area contributed by atoms with Crippen LogP contribution in [0.1, 0.15) is 21.1 Å². The van der Waals surface area contributed by atoms with Gasteiger partial charge in [-0.2, -0.15) is 18.3 Å². The van der Waals surface area contributed by atoms with E-state index in [0.717, 1.165) is 22.3 Å². The Morgan fingerprint density at radius 2 is 2.08 bits per heavy atom. The summed E-state index contributed by atoms with van der Waals surface area (Å²) in [6.07, 6.45) is -4.56. The molecular formula is C14H12F3N7OS. The SMILES string of the molecule is Cc1nnsc1C(=O)Nc1ccc(-c2cc(C(F)(F)F)nn2C)c(N)n1. The highest BCUT2D eigenvalue weighted by atomic mass is 32.1. The van der Waals surface area contributed by atoms with Crippen molar-refractivity contribution < 1.29 is 18.0 Å². The molecule has 0 unspecified atom stereocenters. The zero-order chi connectivity index (χ0) is 19.1. The summed E-state index contributed by atoms with van der Waals surface area (Å²) in [6.45, 7) is 1.64. The average Bonchev–Trinajstić information content (AvgIpc) is 3.13. The molecule has 3 aromatic rings. The number of hydrogen-bond acceptors (Lipinski definition) is 7. The fourth-order valence-electron chi connectivity index (χ4n) is 2.23. The Bertz CT molecular complexity index is 979. The van der Waals surface area contributed by atoms with Crippen LogP contribution in [0.25, 0.3) is 11.3 Å². The Kier molecular flexibility index (Phi) is 4.36. The molecule has 0 aliphatic carbocycles. The second-order valence-corrected chi connectivity index (χ2v) is 6.06. The summed E-state index contributed by atoms with van der Waals surface area (Å²) in [5.74, 6) is -0.335. The fraction of sp³-hybridized carbons (Fsp3) is 0.214. The highest BCUT2D eigenvalue weighted by Gasteiger charge is 2.35. The molecule has 0 bridgehead atoms. The number of carbonyl (C=O) groups excluding carboxylic acids is 1. The van der Waals surface area contributed by atoms with Gasteiger partial charge in [-0.1, -0.05) is 4.49 Å². The van der Waals surface area contributed by atoms with Crippen LogP contribution in [0.15, 0.2) is 18.2 Å². The van der Waals surface area contributed by atoms with Gasteiger partial charge < -0.3 is 11.1 Å². The second-order valence-electron chi connectivity index (χ2n) is 5.31. The van der Waals surface area contributed by atoms with E-state index in [1.54, 1.807) is 6.92 Å². The van der Waals surface area contributed by atoms with Crippen LogP contribution in [0.2, 0.25) is 0 Å². The molecule has 136 valence electrons. The monoisotopic (exact) mass is 383 g/mol. The number of aromatic nitrogens is 5. The number of hydrogen-bond donors (Lipinski definition) is 2. The normalized spacial score (nSPS) is 11.6. The van der Waals surface area contributed by atoms with Crippen molar-refractivity contribution in [3.8, 4) is 11.3 Å². The molecule has 3 N–H and O–H groups in total. The standard InChI is InChI=1S/C14H12F3N7OS/c1-6-11(26-23-21-6)13(25)20-10-4-3-7(12(18)19-10)8-5-9(14(15,16)17)22-24(8)2/h3-5H,1-2H3,(H3,18,19,20,25). The molecule has 0 saturated carbocycles. The van der Waals surface area contributed by atoms with Crippen molar-refractivity contribution in [2.24, 2.45) is 7.05 Å². The fourth-order valence-corrected chi connectivity index (χ4v) is 2.78. The number of pyridine rings is 1. The first-order valence-electron chi connectivity index (χ1n) is 7.15. The molecule has 0 radical (unpaired) electrons. The number of amides is 1. The molecule has 0 aliphatic heterocycles. The lowest BCUT2D eigenvalue weighted by molar-refractivity contribution is -0.141. The molecule has 8 nitrogen and oxygen atoms in total. The highest BCUT2D eigenvalue weighted by molar-refractivity contribution is 7.08. The number of rotatable bonds is 3. The predicted octanol–water partition coefficient (Wildman–Crippen LogP) is 2.50. The Hall–Kier alpha value is -3.02. The summed E-state index contributed by atoms with van der Waals surface area (Å²) in [6, 6.07) is 3.79. The number of nitrogens with zero attached hydrogens (tertiary/aromatic N) is 5. The number of halogens is 3. The minimum atomic E-state index is -4.56. The van der Waals surface area contributed by atoms with Crippen LogP contribution < -0.4 is 11.1 Å². The number of nitrogens with one attached hydrogen (secondary N) is 1. The zero-order valence-electron chi connectivity index (χ0n) is 13.5. The summed E-state index contributed by atoms with van der Waals surface area (Å²) in [5.41, 5.74) is 5.73. The maximum Gasteiger partial charge on any atom is 0.435 e. The highest BCUT2D eigenvalue weighted by Crippen LogP contribution is 2.33. The number of nitrogen functional groups attached to an aromatic ring is 1. The zero-order valence-corrected chi connectivity index (χ0v) is 14.3. The second kappa shape index (κ2) is 6.37. The smallest absolute Gasteiger partial charge is 0.383 e. The van der Waals surface area contributed by atoms with Crippen molar-refractivity contribution in [1.82, 2.24) is 24.4 Å².